The van der Waals surface area contributed by atoms with Crippen molar-refractivity contribution < 1.29 is 9.59 Å². The predicted octanol–water partition coefficient (Wildman–Crippen LogP) is 4.24. The number of nitrogens with one attached hydrogen (secondary N) is 1. The van der Waals surface area contributed by atoms with Gasteiger partial charge in [0.1, 0.15) is 0 Å². The van der Waals surface area contributed by atoms with Gasteiger partial charge in [0.15, 0.2) is 10.3 Å². The molecule has 0 aliphatic heterocycles. The maximum Gasteiger partial charge on any atom is 0.227 e. The van der Waals surface area contributed by atoms with E-state index in [0.717, 1.165) is 41.1 Å². The summed E-state index contributed by atoms with van der Waals surface area (Å²) in [6, 6.07) is 6.58. The Balaban J connectivity index is 1.35. The molecular weight excluding hydrogens is 454 g/mol. The number of hydrogen-bond acceptors (Lipinski definition) is 7. The Morgan fingerprint density at radius 1 is 1.09 bits per heavy atom. The van der Waals surface area contributed by atoms with Crippen molar-refractivity contribution in [2.75, 3.05) is 11.1 Å². The first-order chi connectivity index (χ1) is 15.9. The number of thiazole rings is 1. The van der Waals surface area contributed by atoms with Crippen LogP contribution in [0.4, 0.5) is 5.13 Å². The highest BCUT2D eigenvalue weighted by Crippen LogP contribution is 2.29. The second-order valence-electron chi connectivity index (χ2n) is 8.19. The lowest BCUT2D eigenvalue weighted by Gasteiger charge is -2.16. The summed E-state index contributed by atoms with van der Waals surface area (Å²) in [5.74, 6) is -0.356. The molecule has 0 spiro atoms. The van der Waals surface area contributed by atoms with Gasteiger partial charge in [-0.15, -0.1) is 11.3 Å². The average Bonchev–Trinajstić information content (AvgIpc) is 3.25. The summed E-state index contributed by atoms with van der Waals surface area (Å²) < 4.78 is 0. The van der Waals surface area contributed by atoms with Crippen molar-refractivity contribution in [1.29, 1.82) is 0 Å². The standard InChI is InChI=1S/C24H27N5O2S2/c1-14-19(15(2)27-23(26-14)33-13-21(25)30)9-10-22(31)29-24-28-20(12-32-24)18-8-7-16-5-3-4-6-17(16)11-18/h7-8,11-12H,3-6,9-10,13H2,1-2H3,(H2,25,30)(H,28,29,31). The number of hydrogen-bond donors (Lipinski definition) is 2. The van der Waals surface area contributed by atoms with E-state index in [1.807, 2.05) is 19.2 Å². The lowest BCUT2D eigenvalue weighted by atomic mass is 9.90. The van der Waals surface area contributed by atoms with E-state index in [1.54, 1.807) is 0 Å². The van der Waals surface area contributed by atoms with Crippen LogP contribution in [0.1, 0.15) is 47.3 Å². The van der Waals surface area contributed by atoms with Crippen molar-refractivity contribution in [1.82, 2.24) is 15.0 Å². The Labute approximate surface area is 201 Å². The zero-order valence-corrected chi connectivity index (χ0v) is 20.4. The SMILES string of the molecule is Cc1nc(SCC(N)=O)nc(C)c1CCC(=O)Nc1nc(-c2ccc3c(c2)CCCC3)cs1. The summed E-state index contributed by atoms with van der Waals surface area (Å²) in [6.45, 7) is 3.78. The molecule has 172 valence electrons. The van der Waals surface area contributed by atoms with Crippen molar-refractivity contribution in [2.24, 2.45) is 5.73 Å². The monoisotopic (exact) mass is 481 g/mol. The van der Waals surface area contributed by atoms with Crippen molar-refractivity contribution >= 4 is 40.0 Å². The molecule has 0 saturated carbocycles. The molecule has 2 amide bonds. The topological polar surface area (TPSA) is 111 Å². The number of fused-ring (bicyclic) bond motifs is 1. The molecule has 2 aromatic heterocycles. The number of carbonyl (C=O) groups is 2. The van der Waals surface area contributed by atoms with Gasteiger partial charge in [0, 0.05) is 28.8 Å². The van der Waals surface area contributed by atoms with Crippen molar-refractivity contribution in [3.63, 3.8) is 0 Å². The van der Waals surface area contributed by atoms with Crippen LogP contribution < -0.4 is 11.1 Å². The molecule has 9 heteroatoms. The highest BCUT2D eigenvalue weighted by Gasteiger charge is 2.15. The van der Waals surface area contributed by atoms with Gasteiger partial charge in [-0.05, 0) is 68.7 Å². The first-order valence-electron chi connectivity index (χ1n) is 11.0. The van der Waals surface area contributed by atoms with Crippen LogP contribution in [0.3, 0.4) is 0 Å². The van der Waals surface area contributed by atoms with Crippen molar-refractivity contribution in [3.05, 3.63) is 51.7 Å². The van der Waals surface area contributed by atoms with Gasteiger partial charge in [-0.1, -0.05) is 23.9 Å². The molecule has 0 bridgehead atoms. The van der Waals surface area contributed by atoms with Gasteiger partial charge in [0.2, 0.25) is 11.8 Å². The van der Waals surface area contributed by atoms with Gasteiger partial charge < -0.3 is 11.1 Å². The molecule has 0 radical (unpaired) electrons. The number of aromatic nitrogens is 3. The van der Waals surface area contributed by atoms with Gasteiger partial charge >= 0.3 is 0 Å². The number of benzene rings is 1. The van der Waals surface area contributed by atoms with E-state index in [-0.39, 0.29) is 11.7 Å². The van der Waals surface area contributed by atoms with Crippen LogP contribution in [0.5, 0.6) is 0 Å². The fourth-order valence-electron chi connectivity index (χ4n) is 4.05. The summed E-state index contributed by atoms with van der Waals surface area (Å²) in [5, 5.41) is 6.04. The zero-order chi connectivity index (χ0) is 23.4. The molecule has 33 heavy (non-hydrogen) atoms. The lowest BCUT2D eigenvalue weighted by Crippen LogP contribution is -2.15. The molecule has 7 nitrogen and oxygen atoms in total. The molecular formula is C24H27N5O2S2. The van der Waals surface area contributed by atoms with E-state index in [9.17, 15) is 9.59 Å². The number of anilines is 1. The molecule has 0 unspecified atom stereocenters. The summed E-state index contributed by atoms with van der Waals surface area (Å²) in [4.78, 5) is 37.0. The Morgan fingerprint density at radius 3 is 2.55 bits per heavy atom. The smallest absolute Gasteiger partial charge is 0.227 e. The van der Waals surface area contributed by atoms with E-state index < -0.39 is 5.91 Å². The molecule has 1 aliphatic carbocycles. The maximum absolute atomic E-state index is 12.5. The quantitative estimate of drug-likeness (QED) is 0.368. The molecule has 3 N–H and O–H groups in total. The van der Waals surface area contributed by atoms with Crippen LogP contribution in [0, 0.1) is 13.8 Å². The van der Waals surface area contributed by atoms with Crippen LogP contribution in [0.2, 0.25) is 0 Å². The number of aryl methyl sites for hydroxylation is 4. The van der Waals surface area contributed by atoms with E-state index in [4.69, 9.17) is 5.73 Å². The fourth-order valence-corrected chi connectivity index (χ4v) is 5.46. The normalized spacial score (nSPS) is 12.9. The van der Waals surface area contributed by atoms with E-state index in [2.05, 4.69) is 38.5 Å². The van der Waals surface area contributed by atoms with E-state index >= 15 is 0 Å². The number of rotatable bonds is 8. The highest BCUT2D eigenvalue weighted by molar-refractivity contribution is 7.99. The van der Waals surface area contributed by atoms with Crippen LogP contribution in [-0.4, -0.2) is 32.5 Å². The van der Waals surface area contributed by atoms with Crippen LogP contribution >= 0.6 is 23.1 Å². The van der Waals surface area contributed by atoms with Gasteiger partial charge in [0.25, 0.3) is 0 Å². The third kappa shape index (κ3) is 5.97. The van der Waals surface area contributed by atoms with E-state index in [0.29, 0.717) is 23.1 Å². The summed E-state index contributed by atoms with van der Waals surface area (Å²) >= 11 is 2.66. The number of thioether (sulfide) groups is 1. The Morgan fingerprint density at radius 2 is 1.82 bits per heavy atom. The number of amides is 2. The number of nitrogens with zero attached hydrogens (tertiary/aromatic N) is 3. The lowest BCUT2D eigenvalue weighted by molar-refractivity contribution is -0.116. The maximum atomic E-state index is 12.5. The van der Waals surface area contributed by atoms with Gasteiger partial charge in [-0.2, -0.15) is 0 Å². The first-order valence-corrected chi connectivity index (χ1v) is 12.9. The van der Waals surface area contributed by atoms with E-state index in [1.165, 1.54) is 47.1 Å². The van der Waals surface area contributed by atoms with Gasteiger partial charge in [-0.25, -0.2) is 15.0 Å². The molecule has 3 aromatic rings. The molecule has 1 aromatic carbocycles. The molecule has 2 heterocycles. The zero-order valence-electron chi connectivity index (χ0n) is 18.8. The fraction of sp³-hybridized carbons (Fsp3) is 0.375. The molecule has 4 rings (SSSR count). The third-order valence-electron chi connectivity index (χ3n) is 5.74. The minimum atomic E-state index is -0.406. The molecule has 0 saturated heterocycles. The van der Waals surface area contributed by atoms with Crippen LogP contribution in [-0.2, 0) is 28.9 Å². The second kappa shape index (κ2) is 10.4. The first kappa shape index (κ1) is 23.4. The van der Waals surface area contributed by atoms with Crippen LogP contribution in [0.25, 0.3) is 11.3 Å². The minimum absolute atomic E-state index is 0.0904. The van der Waals surface area contributed by atoms with Gasteiger partial charge in [0.05, 0.1) is 11.4 Å². The molecule has 0 fully saturated rings. The summed E-state index contributed by atoms with van der Waals surface area (Å²) in [5.41, 5.74) is 12.6. The molecule has 1 aliphatic rings. The van der Waals surface area contributed by atoms with Crippen molar-refractivity contribution in [3.8, 4) is 11.3 Å². The number of carbonyl (C=O) groups excluding carboxylic acids is 2. The Bertz CT molecular complexity index is 1170. The average molecular weight is 482 g/mol. The minimum Gasteiger partial charge on any atom is -0.369 e. The Kier molecular flexibility index (Phi) is 7.39. The summed E-state index contributed by atoms with van der Waals surface area (Å²) in [7, 11) is 0. The number of primary amides is 1. The van der Waals surface area contributed by atoms with Gasteiger partial charge in [-0.3, -0.25) is 9.59 Å². The number of nitrogens with two attached hydrogens (primary N) is 1. The second-order valence-corrected chi connectivity index (χ2v) is 9.99. The molecule has 0 atom stereocenters. The highest BCUT2D eigenvalue weighted by atomic mass is 32.2. The van der Waals surface area contributed by atoms with Crippen LogP contribution in [0.15, 0.2) is 28.7 Å². The largest absolute Gasteiger partial charge is 0.369 e. The van der Waals surface area contributed by atoms with Crippen molar-refractivity contribution in [2.45, 2.75) is 57.5 Å². The Hall–Kier alpha value is -2.78. The predicted molar refractivity (Wildman–Crippen MR) is 133 cm³/mol. The summed E-state index contributed by atoms with van der Waals surface area (Å²) in [6.07, 6.45) is 5.65. The third-order valence-corrected chi connectivity index (χ3v) is 7.37.